The molecule has 1 fully saturated rings. The molecule has 6 N–H and O–H groups in total. The van der Waals surface area contributed by atoms with E-state index in [9.17, 15) is 0 Å². The molecule has 1 aliphatic heterocycles. The minimum atomic E-state index is -0.0910. The summed E-state index contributed by atoms with van der Waals surface area (Å²) in [6.45, 7) is 4.59. The standard InChI is InChI=1S/C15H24N6/c1-15(7-9-21(2)10-8-15)11-3-5-12(6-4-11)19-14(18)20-13(16)17/h3-6H,7-10H2,1-2H3,(H6,16,17,18,19,20). The van der Waals surface area contributed by atoms with E-state index in [4.69, 9.17) is 17.2 Å². The molecule has 0 spiro atoms. The van der Waals surface area contributed by atoms with E-state index in [-0.39, 0.29) is 17.3 Å². The lowest BCUT2D eigenvalue weighted by molar-refractivity contribution is 0.200. The highest BCUT2D eigenvalue weighted by Crippen LogP contribution is 2.35. The normalized spacial score (nSPS) is 19.2. The van der Waals surface area contributed by atoms with Crippen LogP contribution in [0.1, 0.15) is 25.3 Å². The Balaban J connectivity index is 2.14. The second-order valence-electron chi connectivity index (χ2n) is 5.92. The molecule has 0 amide bonds. The topological polar surface area (TPSA) is 106 Å². The Hall–Kier alpha value is -2.08. The monoisotopic (exact) mass is 288 g/mol. The third kappa shape index (κ3) is 3.95. The summed E-state index contributed by atoms with van der Waals surface area (Å²) >= 11 is 0. The summed E-state index contributed by atoms with van der Waals surface area (Å²) in [7, 11) is 2.17. The number of piperidine rings is 1. The number of hydrogen-bond donors (Lipinski definition) is 3. The lowest BCUT2D eigenvalue weighted by atomic mass is 9.74. The fraction of sp³-hybridized carbons (Fsp3) is 0.467. The number of likely N-dealkylation sites (tertiary alicyclic amines) is 1. The van der Waals surface area contributed by atoms with Gasteiger partial charge in [0.25, 0.3) is 0 Å². The quantitative estimate of drug-likeness (QED) is 0.555. The van der Waals surface area contributed by atoms with Crippen LogP contribution in [-0.2, 0) is 5.41 Å². The third-order valence-corrected chi connectivity index (χ3v) is 4.14. The van der Waals surface area contributed by atoms with Crippen molar-refractivity contribution in [2.24, 2.45) is 27.2 Å². The first-order chi connectivity index (χ1) is 9.89. The fourth-order valence-corrected chi connectivity index (χ4v) is 2.63. The maximum atomic E-state index is 5.63. The Morgan fingerprint density at radius 2 is 1.67 bits per heavy atom. The van der Waals surface area contributed by atoms with E-state index < -0.39 is 0 Å². The first-order valence-corrected chi connectivity index (χ1v) is 7.12. The van der Waals surface area contributed by atoms with Crippen molar-refractivity contribution in [1.82, 2.24) is 4.90 Å². The van der Waals surface area contributed by atoms with Gasteiger partial charge in [0.05, 0.1) is 5.69 Å². The predicted octanol–water partition coefficient (Wildman–Crippen LogP) is 0.890. The lowest BCUT2D eigenvalue weighted by Crippen LogP contribution is -2.38. The Morgan fingerprint density at radius 3 is 2.19 bits per heavy atom. The lowest BCUT2D eigenvalue weighted by Gasteiger charge is -2.38. The number of nitrogens with two attached hydrogens (primary N) is 3. The van der Waals surface area contributed by atoms with Gasteiger partial charge in [-0.05, 0) is 56.1 Å². The second kappa shape index (κ2) is 6.13. The molecule has 0 bridgehead atoms. The molecule has 21 heavy (non-hydrogen) atoms. The summed E-state index contributed by atoms with van der Waals surface area (Å²) in [5.74, 6) is -0.0278. The number of guanidine groups is 2. The Kier molecular flexibility index (Phi) is 4.47. The van der Waals surface area contributed by atoms with Crippen LogP contribution < -0.4 is 17.2 Å². The van der Waals surface area contributed by atoms with E-state index in [1.165, 1.54) is 18.4 Å². The molecule has 114 valence electrons. The van der Waals surface area contributed by atoms with Gasteiger partial charge < -0.3 is 22.1 Å². The van der Waals surface area contributed by atoms with Crippen molar-refractivity contribution < 1.29 is 0 Å². The Morgan fingerprint density at radius 1 is 1.10 bits per heavy atom. The number of aliphatic imine (C=N–C) groups is 2. The van der Waals surface area contributed by atoms with Crippen LogP contribution in [0.4, 0.5) is 5.69 Å². The molecule has 6 nitrogen and oxygen atoms in total. The average Bonchev–Trinajstić information content (AvgIpc) is 2.42. The number of benzene rings is 1. The first-order valence-electron chi connectivity index (χ1n) is 7.12. The van der Waals surface area contributed by atoms with Gasteiger partial charge in [-0.3, -0.25) is 0 Å². The summed E-state index contributed by atoms with van der Waals surface area (Å²) in [6, 6.07) is 8.14. The average molecular weight is 288 g/mol. The van der Waals surface area contributed by atoms with Crippen LogP contribution in [0, 0.1) is 0 Å². The molecule has 1 aliphatic rings. The molecule has 0 atom stereocenters. The zero-order chi connectivity index (χ0) is 15.5. The summed E-state index contributed by atoms with van der Waals surface area (Å²) in [6.07, 6.45) is 2.34. The van der Waals surface area contributed by atoms with Crippen LogP contribution in [0.3, 0.4) is 0 Å². The summed E-state index contributed by atoms with van der Waals surface area (Å²) in [4.78, 5) is 10.2. The van der Waals surface area contributed by atoms with Crippen molar-refractivity contribution in [2.45, 2.75) is 25.2 Å². The van der Waals surface area contributed by atoms with Gasteiger partial charge in [-0.15, -0.1) is 0 Å². The fourth-order valence-electron chi connectivity index (χ4n) is 2.63. The van der Waals surface area contributed by atoms with Gasteiger partial charge in [-0.1, -0.05) is 19.1 Å². The van der Waals surface area contributed by atoms with E-state index >= 15 is 0 Å². The van der Waals surface area contributed by atoms with E-state index in [1.54, 1.807) is 0 Å². The minimum Gasteiger partial charge on any atom is -0.370 e. The molecule has 0 unspecified atom stereocenters. The highest BCUT2D eigenvalue weighted by Gasteiger charge is 2.30. The molecule has 0 saturated carbocycles. The molecule has 0 radical (unpaired) electrons. The molecular formula is C15H24N6. The number of hydrogen-bond acceptors (Lipinski definition) is 2. The smallest absolute Gasteiger partial charge is 0.223 e. The number of nitrogens with zero attached hydrogens (tertiary/aromatic N) is 3. The van der Waals surface area contributed by atoms with Crippen LogP contribution in [0.25, 0.3) is 0 Å². The van der Waals surface area contributed by atoms with Crippen molar-refractivity contribution in [3.63, 3.8) is 0 Å². The SMILES string of the molecule is CN1CCC(C)(c2ccc(N=C(N)N=C(N)N)cc2)CC1. The van der Waals surface area contributed by atoms with Gasteiger partial charge in [-0.2, -0.15) is 4.99 Å². The predicted molar refractivity (Wildman–Crippen MR) is 87.6 cm³/mol. The largest absolute Gasteiger partial charge is 0.370 e. The van der Waals surface area contributed by atoms with Crippen molar-refractivity contribution in [3.8, 4) is 0 Å². The molecule has 1 saturated heterocycles. The van der Waals surface area contributed by atoms with Crippen LogP contribution in [0.5, 0.6) is 0 Å². The first kappa shape index (κ1) is 15.3. The molecule has 2 rings (SSSR count). The molecule has 1 aromatic rings. The maximum absolute atomic E-state index is 5.63. The molecule has 0 aromatic heterocycles. The van der Waals surface area contributed by atoms with E-state index in [2.05, 4.69) is 41.0 Å². The maximum Gasteiger partial charge on any atom is 0.223 e. The van der Waals surface area contributed by atoms with E-state index in [0.717, 1.165) is 18.8 Å². The van der Waals surface area contributed by atoms with Gasteiger partial charge in [-0.25, -0.2) is 4.99 Å². The van der Waals surface area contributed by atoms with Gasteiger partial charge in [0.1, 0.15) is 0 Å². The number of rotatable bonds is 2. The highest BCUT2D eigenvalue weighted by atomic mass is 15.1. The zero-order valence-electron chi connectivity index (χ0n) is 12.7. The van der Waals surface area contributed by atoms with Gasteiger partial charge in [0.2, 0.25) is 5.96 Å². The van der Waals surface area contributed by atoms with E-state index in [1.807, 2.05) is 12.1 Å². The summed E-state index contributed by atoms with van der Waals surface area (Å²) < 4.78 is 0. The molecular weight excluding hydrogens is 264 g/mol. The highest BCUT2D eigenvalue weighted by molar-refractivity contribution is 5.93. The summed E-state index contributed by atoms with van der Waals surface area (Å²) in [5.41, 5.74) is 18.5. The van der Waals surface area contributed by atoms with E-state index in [0.29, 0.717) is 0 Å². The summed E-state index contributed by atoms with van der Waals surface area (Å²) in [5, 5.41) is 0. The van der Waals surface area contributed by atoms with Gasteiger partial charge in [0.15, 0.2) is 5.96 Å². The Bertz CT molecular complexity index is 534. The van der Waals surface area contributed by atoms with Crippen molar-refractivity contribution in [2.75, 3.05) is 20.1 Å². The minimum absolute atomic E-state index is 0.0632. The van der Waals surface area contributed by atoms with Gasteiger partial charge >= 0.3 is 0 Å². The molecule has 1 heterocycles. The van der Waals surface area contributed by atoms with Crippen LogP contribution >= 0.6 is 0 Å². The van der Waals surface area contributed by atoms with Gasteiger partial charge in [0, 0.05) is 0 Å². The molecule has 0 aliphatic carbocycles. The van der Waals surface area contributed by atoms with Crippen LogP contribution in [0.2, 0.25) is 0 Å². The van der Waals surface area contributed by atoms with Crippen molar-refractivity contribution in [3.05, 3.63) is 29.8 Å². The van der Waals surface area contributed by atoms with Crippen LogP contribution in [-0.4, -0.2) is 37.0 Å². The molecule has 1 aromatic carbocycles. The molecule has 6 heteroatoms. The zero-order valence-corrected chi connectivity index (χ0v) is 12.7. The second-order valence-corrected chi connectivity index (χ2v) is 5.92. The third-order valence-electron chi connectivity index (χ3n) is 4.14. The Labute approximate surface area is 125 Å². The van der Waals surface area contributed by atoms with Crippen molar-refractivity contribution in [1.29, 1.82) is 0 Å². The van der Waals surface area contributed by atoms with Crippen LogP contribution in [0.15, 0.2) is 34.3 Å². The van der Waals surface area contributed by atoms with Crippen molar-refractivity contribution >= 4 is 17.6 Å².